The molecule has 0 spiro atoms. The van der Waals surface area contributed by atoms with Gasteiger partial charge in [-0.2, -0.15) is 4.37 Å². The summed E-state index contributed by atoms with van der Waals surface area (Å²) in [5.41, 5.74) is 0.744. The van der Waals surface area contributed by atoms with Gasteiger partial charge in [-0.3, -0.25) is 4.79 Å². The lowest BCUT2D eigenvalue weighted by Gasteiger charge is -2.04. The third-order valence-electron chi connectivity index (χ3n) is 1.91. The molecular weight excluding hydrogens is 292 g/mol. The molecule has 7 heteroatoms. The molecule has 2 heterocycles. The summed E-state index contributed by atoms with van der Waals surface area (Å²) >= 11 is 4.54. The van der Waals surface area contributed by atoms with Crippen LogP contribution in [-0.2, 0) is 7.05 Å². The van der Waals surface area contributed by atoms with Gasteiger partial charge in [-0.15, -0.1) is 0 Å². The van der Waals surface area contributed by atoms with Crippen LogP contribution >= 0.6 is 27.5 Å². The first-order valence-corrected chi connectivity index (χ1v) is 6.06. The number of nitrogens with zero attached hydrogens (tertiary/aromatic N) is 3. The summed E-state index contributed by atoms with van der Waals surface area (Å²) < 4.78 is 6.19. The summed E-state index contributed by atoms with van der Waals surface area (Å²) in [6.45, 7) is 1.90. The van der Waals surface area contributed by atoms with Gasteiger partial charge in [0.05, 0.1) is 5.69 Å². The van der Waals surface area contributed by atoms with Crippen LogP contribution in [0.15, 0.2) is 21.7 Å². The van der Waals surface area contributed by atoms with Crippen molar-refractivity contribution in [2.75, 3.05) is 5.32 Å². The van der Waals surface area contributed by atoms with E-state index in [9.17, 15) is 4.79 Å². The zero-order valence-corrected chi connectivity index (χ0v) is 11.1. The second-order valence-corrected chi connectivity index (χ2v) is 4.90. The Hall–Kier alpha value is -1.21. The first kappa shape index (κ1) is 11.3. The van der Waals surface area contributed by atoms with Gasteiger partial charge in [0.1, 0.15) is 9.60 Å². The largest absolute Gasteiger partial charge is 0.326 e. The highest BCUT2D eigenvalue weighted by molar-refractivity contribution is 9.10. The zero-order chi connectivity index (χ0) is 11.7. The van der Waals surface area contributed by atoms with Crippen molar-refractivity contribution in [3.05, 3.63) is 32.9 Å². The van der Waals surface area contributed by atoms with E-state index in [-0.39, 0.29) is 5.56 Å². The minimum absolute atomic E-state index is 0.172. The lowest BCUT2D eigenvalue weighted by atomic mass is 10.5. The van der Waals surface area contributed by atoms with Crippen LogP contribution < -0.4 is 10.9 Å². The molecule has 16 heavy (non-hydrogen) atoms. The van der Waals surface area contributed by atoms with Gasteiger partial charge in [0.2, 0.25) is 0 Å². The van der Waals surface area contributed by atoms with Crippen LogP contribution in [0, 0.1) is 6.92 Å². The standard InChI is InChI=1S/C9H9BrN4OS/c1-5-3-7(16-13-5)12-8-9(15)14(2)4-6(10)11-8/h3-4H,1-2H3,(H,11,12). The molecule has 0 amide bonds. The molecule has 0 aliphatic rings. The van der Waals surface area contributed by atoms with Crippen LogP contribution in [0.3, 0.4) is 0 Å². The van der Waals surface area contributed by atoms with Gasteiger partial charge in [-0.25, -0.2) is 4.98 Å². The van der Waals surface area contributed by atoms with Gasteiger partial charge in [0, 0.05) is 13.2 Å². The van der Waals surface area contributed by atoms with E-state index in [1.54, 1.807) is 13.2 Å². The number of hydrogen-bond donors (Lipinski definition) is 1. The molecule has 2 rings (SSSR count). The average molecular weight is 301 g/mol. The topological polar surface area (TPSA) is 59.8 Å². The fraction of sp³-hybridized carbons (Fsp3) is 0.222. The third kappa shape index (κ3) is 2.30. The van der Waals surface area contributed by atoms with E-state index in [2.05, 4.69) is 30.6 Å². The molecule has 0 aliphatic carbocycles. The van der Waals surface area contributed by atoms with E-state index in [0.29, 0.717) is 10.4 Å². The molecule has 84 valence electrons. The molecule has 0 saturated carbocycles. The summed E-state index contributed by atoms with van der Waals surface area (Å²) in [4.78, 5) is 15.8. The first-order chi connectivity index (χ1) is 7.56. The van der Waals surface area contributed by atoms with E-state index < -0.39 is 0 Å². The maximum Gasteiger partial charge on any atom is 0.293 e. The Balaban J connectivity index is 2.38. The van der Waals surface area contributed by atoms with Gasteiger partial charge >= 0.3 is 0 Å². The van der Waals surface area contributed by atoms with Crippen LogP contribution in [0.4, 0.5) is 10.8 Å². The number of halogens is 1. The van der Waals surface area contributed by atoms with Crippen LogP contribution in [0.1, 0.15) is 5.69 Å². The minimum Gasteiger partial charge on any atom is -0.326 e. The maximum atomic E-state index is 11.7. The molecule has 0 bridgehead atoms. The van der Waals surface area contributed by atoms with E-state index >= 15 is 0 Å². The molecule has 0 unspecified atom stereocenters. The van der Waals surface area contributed by atoms with Crippen LogP contribution in [0.5, 0.6) is 0 Å². The predicted octanol–water partition coefficient (Wildman–Crippen LogP) is 2.05. The molecule has 2 aromatic heterocycles. The fourth-order valence-electron chi connectivity index (χ4n) is 1.19. The molecule has 0 radical (unpaired) electrons. The number of nitrogens with one attached hydrogen (secondary N) is 1. The Morgan fingerprint density at radius 2 is 2.31 bits per heavy atom. The molecule has 0 aromatic carbocycles. The normalized spacial score (nSPS) is 10.4. The van der Waals surface area contributed by atoms with Gasteiger partial charge in [-0.1, -0.05) is 0 Å². The van der Waals surface area contributed by atoms with Gasteiger partial charge in [0.15, 0.2) is 5.82 Å². The molecule has 1 N–H and O–H groups in total. The van der Waals surface area contributed by atoms with Crippen LogP contribution in [-0.4, -0.2) is 13.9 Å². The van der Waals surface area contributed by atoms with Gasteiger partial charge < -0.3 is 9.88 Å². The van der Waals surface area contributed by atoms with E-state index in [1.165, 1.54) is 16.1 Å². The van der Waals surface area contributed by atoms with E-state index in [1.807, 2.05) is 13.0 Å². The van der Waals surface area contributed by atoms with Crippen LogP contribution in [0.2, 0.25) is 0 Å². The summed E-state index contributed by atoms with van der Waals surface area (Å²) in [7, 11) is 1.68. The van der Waals surface area contributed by atoms with Crippen molar-refractivity contribution in [1.29, 1.82) is 0 Å². The minimum atomic E-state index is -0.172. The average Bonchev–Trinajstić information content (AvgIpc) is 2.60. The molecule has 0 aliphatic heterocycles. The summed E-state index contributed by atoms with van der Waals surface area (Å²) in [5.74, 6) is 0.292. The number of aromatic nitrogens is 3. The van der Waals surface area contributed by atoms with Crippen LogP contribution in [0.25, 0.3) is 0 Å². The van der Waals surface area contributed by atoms with Crippen molar-refractivity contribution in [2.45, 2.75) is 6.92 Å². The Morgan fingerprint density at radius 3 is 2.94 bits per heavy atom. The van der Waals surface area contributed by atoms with Gasteiger partial charge in [0.25, 0.3) is 5.56 Å². The predicted molar refractivity (Wildman–Crippen MR) is 67.3 cm³/mol. The van der Waals surface area contributed by atoms with E-state index in [0.717, 1.165) is 10.7 Å². The Bertz CT molecular complexity index is 577. The molecule has 0 atom stereocenters. The van der Waals surface area contributed by atoms with E-state index in [4.69, 9.17) is 0 Å². The molecule has 5 nitrogen and oxygen atoms in total. The van der Waals surface area contributed by atoms with Crippen molar-refractivity contribution in [1.82, 2.24) is 13.9 Å². The van der Waals surface area contributed by atoms with Crippen molar-refractivity contribution < 1.29 is 0 Å². The Labute approximate surface area is 104 Å². The number of rotatable bonds is 2. The Kier molecular flexibility index (Phi) is 3.06. The number of aryl methyl sites for hydroxylation is 2. The number of anilines is 2. The lowest BCUT2D eigenvalue weighted by molar-refractivity contribution is 0.837. The van der Waals surface area contributed by atoms with Crippen molar-refractivity contribution in [3.8, 4) is 0 Å². The highest BCUT2D eigenvalue weighted by Crippen LogP contribution is 2.19. The molecular formula is C9H9BrN4OS. The second kappa shape index (κ2) is 4.34. The zero-order valence-electron chi connectivity index (χ0n) is 8.69. The highest BCUT2D eigenvalue weighted by Gasteiger charge is 2.07. The molecule has 0 fully saturated rings. The summed E-state index contributed by atoms with van der Waals surface area (Å²) in [5, 5.41) is 3.76. The first-order valence-electron chi connectivity index (χ1n) is 4.50. The molecule has 2 aromatic rings. The summed E-state index contributed by atoms with van der Waals surface area (Å²) in [6.07, 6.45) is 1.62. The lowest BCUT2D eigenvalue weighted by Crippen LogP contribution is -2.20. The van der Waals surface area contributed by atoms with Crippen molar-refractivity contribution in [3.63, 3.8) is 0 Å². The number of hydrogen-bond acceptors (Lipinski definition) is 5. The Morgan fingerprint density at radius 1 is 1.56 bits per heavy atom. The van der Waals surface area contributed by atoms with Crippen molar-refractivity contribution >= 4 is 38.3 Å². The second-order valence-electron chi connectivity index (χ2n) is 3.29. The maximum absolute atomic E-state index is 11.7. The third-order valence-corrected chi connectivity index (χ3v) is 3.09. The smallest absolute Gasteiger partial charge is 0.293 e. The SMILES string of the molecule is Cc1cc(Nc2nc(Br)cn(C)c2=O)sn1. The highest BCUT2D eigenvalue weighted by atomic mass is 79.9. The quantitative estimate of drug-likeness (QED) is 0.922. The monoisotopic (exact) mass is 300 g/mol. The molecule has 0 saturated heterocycles. The van der Waals surface area contributed by atoms with Gasteiger partial charge in [-0.05, 0) is 40.5 Å². The fourth-order valence-corrected chi connectivity index (χ4v) is 2.33. The summed E-state index contributed by atoms with van der Waals surface area (Å²) in [6, 6.07) is 1.87. The van der Waals surface area contributed by atoms with Crippen molar-refractivity contribution in [2.24, 2.45) is 7.05 Å².